The van der Waals surface area contributed by atoms with E-state index in [1.54, 1.807) is 0 Å². The van der Waals surface area contributed by atoms with E-state index < -0.39 is 46.5 Å². The fraction of sp³-hybridized carbons (Fsp3) is 0.0769. The Morgan fingerprint density at radius 3 is 1.86 bits per heavy atom. The predicted molar refractivity (Wildman–Crippen MR) is 120 cm³/mol. The van der Waals surface area contributed by atoms with Gasteiger partial charge >= 0.3 is 6.11 Å². The van der Waals surface area contributed by atoms with E-state index in [9.17, 15) is 30.7 Å². The highest BCUT2D eigenvalue weighted by Gasteiger charge is 2.39. The number of hydrogen-bond donors (Lipinski definition) is 1. The Bertz CT molecular complexity index is 1400. The van der Waals surface area contributed by atoms with Crippen LogP contribution in [0.2, 0.25) is 0 Å². The monoisotopic (exact) mass is 508 g/mol. The van der Waals surface area contributed by atoms with Crippen LogP contribution in [0, 0.1) is 36.0 Å². The zero-order chi connectivity index (χ0) is 25.5. The van der Waals surface area contributed by atoms with Gasteiger partial charge in [-0.25, -0.2) is 22.0 Å². The summed E-state index contributed by atoms with van der Waals surface area (Å²) in [5, 5.41) is 0. The maximum Gasteiger partial charge on any atom is 0.429 e. The number of hydrogen-bond acceptors (Lipinski definition) is 2. The molecule has 0 heterocycles. The SMILES string of the molecule is Cc1c(F)cc(-c2ccc(OC(F)(F)c3ccc(-c4ccc(S)cc4)c(F)c3F)cc2F)cc1F. The summed E-state index contributed by atoms with van der Waals surface area (Å²) in [5.74, 6) is -6.98. The van der Waals surface area contributed by atoms with Gasteiger partial charge in [0.1, 0.15) is 28.8 Å². The fourth-order valence-corrected chi connectivity index (χ4v) is 3.58. The molecule has 0 unspecified atom stereocenters. The molecule has 0 amide bonds. The van der Waals surface area contributed by atoms with E-state index in [-0.39, 0.29) is 27.8 Å². The number of benzene rings is 4. The lowest BCUT2D eigenvalue weighted by Gasteiger charge is -2.20. The van der Waals surface area contributed by atoms with Crippen LogP contribution in [-0.4, -0.2) is 0 Å². The molecule has 0 bridgehead atoms. The quantitative estimate of drug-likeness (QED) is 0.210. The molecule has 4 rings (SSSR count). The second-order valence-corrected chi connectivity index (χ2v) is 8.18. The Kier molecular flexibility index (Phi) is 6.55. The van der Waals surface area contributed by atoms with Gasteiger partial charge < -0.3 is 4.74 Å². The highest BCUT2D eigenvalue weighted by Crippen LogP contribution is 2.38. The zero-order valence-electron chi connectivity index (χ0n) is 17.9. The first-order valence-corrected chi connectivity index (χ1v) is 10.5. The summed E-state index contributed by atoms with van der Waals surface area (Å²) >= 11 is 4.10. The smallest absolute Gasteiger partial charge is 0.429 e. The molecule has 1 nitrogen and oxygen atoms in total. The second kappa shape index (κ2) is 9.30. The van der Waals surface area contributed by atoms with E-state index in [1.165, 1.54) is 31.2 Å². The van der Waals surface area contributed by atoms with Gasteiger partial charge in [-0.1, -0.05) is 18.2 Å². The third-order valence-electron chi connectivity index (χ3n) is 5.35. The molecule has 180 valence electrons. The number of halogens is 7. The molecule has 0 saturated carbocycles. The Labute approximate surface area is 201 Å². The summed E-state index contributed by atoms with van der Waals surface area (Å²) < 4.78 is 105. The molecule has 0 aliphatic carbocycles. The van der Waals surface area contributed by atoms with Crippen LogP contribution in [0.3, 0.4) is 0 Å². The summed E-state index contributed by atoms with van der Waals surface area (Å²) in [5.41, 5.74) is -2.08. The number of alkyl halides is 2. The van der Waals surface area contributed by atoms with Gasteiger partial charge in [-0.05, 0) is 60.5 Å². The third kappa shape index (κ3) is 4.86. The summed E-state index contributed by atoms with van der Waals surface area (Å²) in [6.07, 6.45) is -4.37. The van der Waals surface area contributed by atoms with Gasteiger partial charge in [-0.2, -0.15) is 8.78 Å². The van der Waals surface area contributed by atoms with Crippen molar-refractivity contribution in [3.8, 4) is 28.0 Å². The highest BCUT2D eigenvalue weighted by atomic mass is 32.1. The lowest BCUT2D eigenvalue weighted by Crippen LogP contribution is -2.24. The van der Waals surface area contributed by atoms with Gasteiger partial charge in [-0.3, -0.25) is 0 Å². The summed E-state index contributed by atoms with van der Waals surface area (Å²) in [4.78, 5) is 0.571. The van der Waals surface area contributed by atoms with E-state index in [0.717, 1.165) is 30.3 Å². The molecule has 0 saturated heterocycles. The molecule has 35 heavy (non-hydrogen) atoms. The van der Waals surface area contributed by atoms with Crippen molar-refractivity contribution in [1.29, 1.82) is 0 Å². The Balaban J connectivity index is 1.63. The van der Waals surface area contributed by atoms with Gasteiger partial charge in [-0.15, -0.1) is 12.6 Å². The van der Waals surface area contributed by atoms with Crippen LogP contribution < -0.4 is 4.74 Å². The van der Waals surface area contributed by atoms with E-state index in [2.05, 4.69) is 17.4 Å². The molecule has 4 aromatic carbocycles. The molecule has 4 aromatic rings. The molecule has 0 radical (unpaired) electrons. The van der Waals surface area contributed by atoms with Crippen LogP contribution in [0.1, 0.15) is 11.1 Å². The van der Waals surface area contributed by atoms with Crippen molar-refractivity contribution in [2.24, 2.45) is 0 Å². The molecule has 0 atom stereocenters. The molecule has 0 spiro atoms. The topological polar surface area (TPSA) is 9.23 Å². The average Bonchev–Trinajstić information content (AvgIpc) is 2.79. The summed E-state index contributed by atoms with van der Waals surface area (Å²) in [6.45, 7) is 1.20. The van der Waals surface area contributed by atoms with Gasteiger partial charge in [0.25, 0.3) is 0 Å². The highest BCUT2D eigenvalue weighted by molar-refractivity contribution is 7.80. The maximum absolute atomic E-state index is 14.7. The predicted octanol–water partition coefficient (Wildman–Crippen LogP) is 8.44. The van der Waals surface area contributed by atoms with Crippen molar-refractivity contribution in [2.75, 3.05) is 0 Å². The van der Waals surface area contributed by atoms with Crippen molar-refractivity contribution < 1.29 is 35.5 Å². The van der Waals surface area contributed by atoms with Crippen LogP contribution >= 0.6 is 12.6 Å². The first kappa shape index (κ1) is 24.7. The second-order valence-electron chi connectivity index (χ2n) is 7.66. The molecule has 0 aliphatic heterocycles. The molecular weight excluding hydrogens is 493 g/mol. The minimum atomic E-state index is -4.37. The van der Waals surface area contributed by atoms with E-state index in [1.807, 2.05) is 0 Å². The Hall–Kier alpha value is -3.46. The zero-order valence-corrected chi connectivity index (χ0v) is 18.7. The van der Waals surface area contributed by atoms with E-state index >= 15 is 0 Å². The Morgan fingerprint density at radius 2 is 1.26 bits per heavy atom. The molecule has 0 N–H and O–H groups in total. The van der Waals surface area contributed by atoms with Crippen LogP contribution in [0.15, 0.2) is 71.6 Å². The third-order valence-corrected chi connectivity index (χ3v) is 5.65. The molecule has 9 heteroatoms. The van der Waals surface area contributed by atoms with Crippen molar-refractivity contribution in [3.05, 3.63) is 107 Å². The Morgan fingerprint density at radius 1 is 0.657 bits per heavy atom. The van der Waals surface area contributed by atoms with Crippen molar-refractivity contribution in [2.45, 2.75) is 17.9 Å². The summed E-state index contributed by atoms with van der Waals surface area (Å²) in [6, 6.07) is 11.9. The first-order valence-electron chi connectivity index (χ1n) is 10.1. The minimum Gasteiger partial charge on any atom is -0.429 e. The maximum atomic E-state index is 14.7. The standard InChI is InChI=1S/C26H15F7OS/c1-13-21(27)10-15(11-22(13)28)18-7-4-16(12-23(18)29)34-26(32,33)20-9-8-19(24(30)25(20)31)14-2-5-17(35)6-3-14/h2-12,35H,1H3. The van der Waals surface area contributed by atoms with E-state index in [4.69, 9.17) is 0 Å². The number of rotatable bonds is 5. The molecule has 0 aliphatic rings. The van der Waals surface area contributed by atoms with Gasteiger partial charge in [0.2, 0.25) is 0 Å². The molecule has 0 fully saturated rings. The van der Waals surface area contributed by atoms with Crippen LogP contribution in [0.25, 0.3) is 22.3 Å². The van der Waals surface area contributed by atoms with Crippen LogP contribution in [0.5, 0.6) is 5.75 Å². The van der Waals surface area contributed by atoms with Gasteiger partial charge in [0.15, 0.2) is 11.6 Å². The van der Waals surface area contributed by atoms with E-state index in [0.29, 0.717) is 17.0 Å². The van der Waals surface area contributed by atoms with Crippen LogP contribution in [0.4, 0.5) is 30.7 Å². The lowest BCUT2D eigenvalue weighted by molar-refractivity contribution is -0.187. The normalized spacial score (nSPS) is 11.6. The number of thiol groups is 1. The fourth-order valence-electron chi connectivity index (χ4n) is 3.44. The number of ether oxygens (including phenoxy) is 1. The van der Waals surface area contributed by atoms with Crippen molar-refractivity contribution >= 4 is 12.6 Å². The minimum absolute atomic E-state index is 0.156. The lowest BCUT2D eigenvalue weighted by atomic mass is 10.0. The van der Waals surface area contributed by atoms with Gasteiger partial charge in [0, 0.05) is 27.7 Å². The van der Waals surface area contributed by atoms with Crippen molar-refractivity contribution in [3.63, 3.8) is 0 Å². The van der Waals surface area contributed by atoms with Crippen LogP contribution in [-0.2, 0) is 6.11 Å². The molecule has 0 aromatic heterocycles. The summed E-state index contributed by atoms with van der Waals surface area (Å²) in [7, 11) is 0. The average molecular weight is 508 g/mol. The van der Waals surface area contributed by atoms with Crippen molar-refractivity contribution in [1.82, 2.24) is 0 Å². The molecular formula is C26H15F7OS. The van der Waals surface area contributed by atoms with Gasteiger partial charge in [0.05, 0.1) is 0 Å². The largest absolute Gasteiger partial charge is 0.429 e. The first-order chi connectivity index (χ1) is 16.5.